The molecule has 0 saturated carbocycles. The van der Waals surface area contributed by atoms with E-state index in [1.807, 2.05) is 30.5 Å². The number of amides is 1. The zero-order valence-electron chi connectivity index (χ0n) is 18.3. The van der Waals surface area contributed by atoms with Gasteiger partial charge >= 0.3 is 0 Å². The van der Waals surface area contributed by atoms with Crippen LogP contribution in [0.3, 0.4) is 0 Å². The fraction of sp³-hybridized carbons (Fsp3) is 0.391. The van der Waals surface area contributed by atoms with Gasteiger partial charge in [0.2, 0.25) is 5.91 Å². The summed E-state index contributed by atoms with van der Waals surface area (Å²) in [6, 6.07) is 12.1. The molecule has 9 nitrogen and oxygen atoms in total. The molecule has 0 spiro atoms. The topological polar surface area (TPSA) is 94.5 Å². The standard InChI is InChI=1S/C23H28N8O/c1-29-12-14-30(15-13-29)22-7-6-20-26-27-21(31(20)28-22)8-9-23(32)24-11-10-17-16-25-19-5-3-2-4-18(17)19/h2-7,16,25H,8-15H2,1H3,(H,24,32). The average molecular weight is 433 g/mol. The summed E-state index contributed by atoms with van der Waals surface area (Å²) in [5.41, 5.74) is 3.04. The number of hydrogen-bond acceptors (Lipinski definition) is 6. The largest absolute Gasteiger partial charge is 0.361 e. The van der Waals surface area contributed by atoms with E-state index in [1.165, 1.54) is 10.9 Å². The normalized spacial score (nSPS) is 15.0. The number of carbonyl (C=O) groups is 1. The second-order valence-corrected chi connectivity index (χ2v) is 8.33. The first kappa shape index (κ1) is 20.4. The monoisotopic (exact) mass is 432 g/mol. The number of para-hydroxylation sites is 1. The molecule has 1 aliphatic rings. The number of fused-ring (bicyclic) bond motifs is 2. The van der Waals surface area contributed by atoms with Crippen molar-refractivity contribution in [3.8, 4) is 0 Å². The molecule has 0 unspecified atom stereocenters. The molecule has 4 aromatic rings. The van der Waals surface area contributed by atoms with Crippen LogP contribution >= 0.6 is 0 Å². The molecule has 0 bridgehead atoms. The van der Waals surface area contributed by atoms with Crippen LogP contribution in [-0.4, -0.2) is 75.4 Å². The molecule has 166 valence electrons. The number of aryl methyl sites for hydroxylation is 1. The number of aromatic amines is 1. The van der Waals surface area contributed by atoms with Crippen LogP contribution in [0.1, 0.15) is 17.8 Å². The molecule has 4 heterocycles. The van der Waals surface area contributed by atoms with Gasteiger partial charge in [0.15, 0.2) is 11.5 Å². The summed E-state index contributed by atoms with van der Waals surface area (Å²) < 4.78 is 1.77. The number of aromatic nitrogens is 5. The summed E-state index contributed by atoms with van der Waals surface area (Å²) in [6.45, 7) is 4.55. The van der Waals surface area contributed by atoms with Crippen LogP contribution in [0, 0.1) is 0 Å². The van der Waals surface area contributed by atoms with Crippen molar-refractivity contribution >= 4 is 28.3 Å². The summed E-state index contributed by atoms with van der Waals surface area (Å²) in [7, 11) is 2.14. The molecule has 9 heteroatoms. The number of benzene rings is 1. The molecule has 1 saturated heterocycles. The van der Waals surface area contributed by atoms with Crippen molar-refractivity contribution in [1.29, 1.82) is 0 Å². The Bertz CT molecular complexity index is 1220. The smallest absolute Gasteiger partial charge is 0.220 e. The number of hydrogen-bond donors (Lipinski definition) is 2. The fourth-order valence-electron chi connectivity index (χ4n) is 4.17. The predicted octanol–water partition coefficient (Wildman–Crippen LogP) is 1.65. The van der Waals surface area contributed by atoms with Crippen LogP contribution in [0.4, 0.5) is 5.82 Å². The minimum Gasteiger partial charge on any atom is -0.361 e. The van der Waals surface area contributed by atoms with Gasteiger partial charge in [-0.2, -0.15) is 4.52 Å². The fourth-order valence-corrected chi connectivity index (χ4v) is 4.17. The lowest BCUT2D eigenvalue weighted by atomic mass is 10.1. The molecule has 32 heavy (non-hydrogen) atoms. The van der Waals surface area contributed by atoms with Gasteiger partial charge in [-0.25, -0.2) is 0 Å². The molecule has 1 amide bonds. The van der Waals surface area contributed by atoms with Crippen LogP contribution in [0.5, 0.6) is 0 Å². The van der Waals surface area contributed by atoms with Gasteiger partial charge in [0.1, 0.15) is 5.82 Å². The van der Waals surface area contributed by atoms with Crippen molar-refractivity contribution in [1.82, 2.24) is 35.0 Å². The first-order chi connectivity index (χ1) is 15.7. The Morgan fingerprint density at radius 1 is 1.06 bits per heavy atom. The summed E-state index contributed by atoms with van der Waals surface area (Å²) in [4.78, 5) is 20.3. The third-order valence-electron chi connectivity index (χ3n) is 6.11. The van der Waals surface area contributed by atoms with Crippen molar-refractivity contribution in [2.45, 2.75) is 19.3 Å². The van der Waals surface area contributed by atoms with E-state index in [-0.39, 0.29) is 5.91 Å². The number of carbonyl (C=O) groups excluding carboxylic acids is 1. The first-order valence-electron chi connectivity index (χ1n) is 11.1. The molecule has 0 radical (unpaired) electrons. The lowest BCUT2D eigenvalue weighted by Crippen LogP contribution is -2.45. The van der Waals surface area contributed by atoms with Crippen molar-refractivity contribution in [3.05, 3.63) is 54.0 Å². The maximum Gasteiger partial charge on any atom is 0.220 e. The van der Waals surface area contributed by atoms with E-state index in [9.17, 15) is 4.79 Å². The van der Waals surface area contributed by atoms with E-state index in [0.717, 1.165) is 43.9 Å². The predicted molar refractivity (Wildman–Crippen MR) is 124 cm³/mol. The Hall–Kier alpha value is -3.46. The highest BCUT2D eigenvalue weighted by molar-refractivity contribution is 5.83. The molecule has 2 N–H and O–H groups in total. The van der Waals surface area contributed by atoms with E-state index >= 15 is 0 Å². The first-order valence-corrected chi connectivity index (χ1v) is 11.1. The van der Waals surface area contributed by atoms with Crippen LogP contribution in [-0.2, 0) is 17.6 Å². The number of likely N-dealkylation sites (N-methyl/N-ethyl adjacent to an activating group) is 1. The summed E-state index contributed by atoms with van der Waals surface area (Å²) in [6.07, 6.45) is 3.66. The molecular weight excluding hydrogens is 404 g/mol. The Morgan fingerprint density at radius 2 is 1.91 bits per heavy atom. The minimum absolute atomic E-state index is 0.0109. The molecule has 1 fully saturated rings. The average Bonchev–Trinajstić information content (AvgIpc) is 3.42. The van der Waals surface area contributed by atoms with E-state index in [0.29, 0.717) is 30.9 Å². The number of H-pyrrole nitrogens is 1. The minimum atomic E-state index is 0.0109. The Labute approximate surface area is 186 Å². The van der Waals surface area contributed by atoms with Crippen molar-refractivity contribution in [2.75, 3.05) is 44.7 Å². The van der Waals surface area contributed by atoms with Gasteiger partial charge in [0, 0.05) is 62.7 Å². The van der Waals surface area contributed by atoms with Crippen LogP contribution in [0.25, 0.3) is 16.6 Å². The second-order valence-electron chi connectivity index (χ2n) is 8.33. The summed E-state index contributed by atoms with van der Waals surface area (Å²) in [5, 5.41) is 17.4. The van der Waals surface area contributed by atoms with Gasteiger partial charge in [0.05, 0.1) is 0 Å². The highest BCUT2D eigenvalue weighted by atomic mass is 16.1. The van der Waals surface area contributed by atoms with Crippen LogP contribution in [0.15, 0.2) is 42.6 Å². The maximum absolute atomic E-state index is 12.4. The SMILES string of the molecule is CN1CCN(c2ccc3nnc(CCC(=O)NCCc4c[nH]c5ccccc45)n3n2)CC1. The quantitative estimate of drug-likeness (QED) is 0.461. The third kappa shape index (κ3) is 4.29. The number of rotatable bonds is 7. The molecule has 0 atom stereocenters. The number of nitrogens with one attached hydrogen (secondary N) is 2. The van der Waals surface area contributed by atoms with Gasteiger partial charge in [-0.15, -0.1) is 15.3 Å². The third-order valence-corrected chi connectivity index (χ3v) is 6.11. The van der Waals surface area contributed by atoms with E-state index in [4.69, 9.17) is 5.10 Å². The van der Waals surface area contributed by atoms with Gasteiger partial charge in [-0.1, -0.05) is 18.2 Å². The summed E-state index contributed by atoms with van der Waals surface area (Å²) >= 11 is 0. The van der Waals surface area contributed by atoms with Gasteiger partial charge in [0.25, 0.3) is 0 Å². The van der Waals surface area contributed by atoms with Crippen LogP contribution in [0.2, 0.25) is 0 Å². The lowest BCUT2D eigenvalue weighted by Gasteiger charge is -2.33. The lowest BCUT2D eigenvalue weighted by molar-refractivity contribution is -0.121. The number of nitrogens with zero attached hydrogens (tertiary/aromatic N) is 6. The van der Waals surface area contributed by atoms with Crippen molar-refractivity contribution < 1.29 is 4.79 Å². The van der Waals surface area contributed by atoms with Gasteiger partial charge in [-0.05, 0) is 37.2 Å². The molecule has 1 aliphatic heterocycles. The van der Waals surface area contributed by atoms with Crippen LogP contribution < -0.4 is 10.2 Å². The number of piperazine rings is 1. The molecule has 1 aromatic carbocycles. The molecule has 3 aromatic heterocycles. The Morgan fingerprint density at radius 3 is 2.78 bits per heavy atom. The second kappa shape index (κ2) is 8.96. The van der Waals surface area contributed by atoms with Crippen molar-refractivity contribution in [3.63, 3.8) is 0 Å². The summed E-state index contributed by atoms with van der Waals surface area (Å²) in [5.74, 6) is 1.65. The Kier molecular flexibility index (Phi) is 5.72. The van der Waals surface area contributed by atoms with Gasteiger partial charge < -0.3 is 20.1 Å². The van der Waals surface area contributed by atoms with Crippen molar-refractivity contribution in [2.24, 2.45) is 0 Å². The molecular formula is C23H28N8O. The van der Waals surface area contributed by atoms with E-state index < -0.39 is 0 Å². The molecule has 0 aliphatic carbocycles. The van der Waals surface area contributed by atoms with Gasteiger partial charge in [-0.3, -0.25) is 4.79 Å². The highest BCUT2D eigenvalue weighted by Gasteiger charge is 2.17. The maximum atomic E-state index is 12.4. The highest BCUT2D eigenvalue weighted by Crippen LogP contribution is 2.18. The van der Waals surface area contributed by atoms with E-state index in [1.54, 1.807) is 4.52 Å². The Balaban J connectivity index is 1.16. The zero-order chi connectivity index (χ0) is 21.9. The van der Waals surface area contributed by atoms with E-state index in [2.05, 4.69) is 49.5 Å². The number of anilines is 1. The molecule has 5 rings (SSSR count). The zero-order valence-corrected chi connectivity index (χ0v) is 18.3.